The van der Waals surface area contributed by atoms with E-state index in [1.807, 2.05) is 6.92 Å². The van der Waals surface area contributed by atoms with Crippen molar-refractivity contribution < 1.29 is 18.7 Å². The molecule has 1 N–H and O–H groups in total. The molecule has 0 unspecified atom stereocenters. The van der Waals surface area contributed by atoms with Gasteiger partial charge < -0.3 is 5.11 Å². The van der Waals surface area contributed by atoms with E-state index in [0.29, 0.717) is 34.5 Å². The number of ketones is 1. The summed E-state index contributed by atoms with van der Waals surface area (Å²) in [5, 5.41) is 15.4. The number of benzene rings is 1. The lowest BCUT2D eigenvalue weighted by atomic mass is 9.44. The van der Waals surface area contributed by atoms with Crippen LogP contribution in [0.5, 0.6) is 0 Å². The lowest BCUT2D eigenvalue weighted by Crippen LogP contribution is -2.55. The van der Waals surface area contributed by atoms with Gasteiger partial charge in [-0.05, 0) is 105 Å². The van der Waals surface area contributed by atoms with Crippen LogP contribution in [0.15, 0.2) is 18.3 Å². The maximum atomic E-state index is 14.5. The highest BCUT2D eigenvalue weighted by Gasteiger charge is 2.61. The Morgan fingerprint density at radius 2 is 1.80 bits per heavy atom. The van der Waals surface area contributed by atoms with Crippen molar-refractivity contribution in [3.8, 4) is 0 Å². The molecular weight excluding hydrogens is 446 g/mol. The van der Waals surface area contributed by atoms with E-state index >= 15 is 0 Å². The van der Waals surface area contributed by atoms with Crippen molar-refractivity contribution in [1.82, 2.24) is 9.78 Å². The van der Waals surface area contributed by atoms with E-state index in [4.69, 9.17) is 0 Å². The van der Waals surface area contributed by atoms with E-state index in [1.165, 1.54) is 29.8 Å². The summed E-state index contributed by atoms with van der Waals surface area (Å²) >= 11 is 0. The molecule has 4 aliphatic rings. The fourth-order valence-corrected chi connectivity index (χ4v) is 9.48. The summed E-state index contributed by atoms with van der Waals surface area (Å²) in [5.74, 6) is 1.29. The van der Waals surface area contributed by atoms with Crippen molar-refractivity contribution in [1.29, 1.82) is 0 Å². The summed E-state index contributed by atoms with van der Waals surface area (Å²) in [6, 6.07) is 2.13. The van der Waals surface area contributed by atoms with Crippen LogP contribution in [0.3, 0.4) is 0 Å². The third-order valence-electron chi connectivity index (χ3n) is 11.3. The Balaban J connectivity index is 1.22. The van der Waals surface area contributed by atoms with Crippen LogP contribution in [0, 0.1) is 52.1 Å². The molecule has 4 nitrogen and oxygen atoms in total. The van der Waals surface area contributed by atoms with Gasteiger partial charge in [0, 0.05) is 17.4 Å². The molecular formula is C29H38F2N2O2. The van der Waals surface area contributed by atoms with Gasteiger partial charge in [-0.2, -0.15) is 5.10 Å². The predicted molar refractivity (Wildman–Crippen MR) is 130 cm³/mol. The fourth-order valence-electron chi connectivity index (χ4n) is 9.48. The summed E-state index contributed by atoms with van der Waals surface area (Å²) in [6.07, 6.45) is 11.0. The van der Waals surface area contributed by atoms with Gasteiger partial charge in [-0.3, -0.25) is 9.48 Å². The van der Waals surface area contributed by atoms with Crippen molar-refractivity contribution in [2.45, 2.75) is 90.7 Å². The summed E-state index contributed by atoms with van der Waals surface area (Å²) in [5.41, 5.74) is -0.0278. The van der Waals surface area contributed by atoms with Crippen LogP contribution in [-0.2, 0) is 11.3 Å². The molecule has 4 aliphatic carbocycles. The molecule has 1 aromatic heterocycles. The molecule has 0 aliphatic heterocycles. The Kier molecular flexibility index (Phi) is 5.28. The molecule has 0 saturated heterocycles. The molecule has 2 aromatic rings. The molecule has 0 radical (unpaired) electrons. The standard InChI is InChI=1S/C29H38F2N2O2/c1-27(35)10-11-28(2)18(14-27)4-5-20-21-6-7-23(29(21,3)9-8-22(20)28)25(34)16-33-26-17(15-32-33)12-19(30)13-24(26)31/h12-13,15,18,20-23,35H,4-11,14,16H2,1-3H3/t18-,20+,21+,22+,23-,27-,28+,29+/m1/s1. The van der Waals surface area contributed by atoms with Crippen LogP contribution in [0.1, 0.15) is 78.6 Å². The van der Waals surface area contributed by atoms with Crippen molar-refractivity contribution in [3.05, 3.63) is 30.0 Å². The average molecular weight is 485 g/mol. The van der Waals surface area contributed by atoms with E-state index in [2.05, 4.69) is 18.9 Å². The second kappa shape index (κ2) is 7.84. The second-order valence-electron chi connectivity index (χ2n) is 13.1. The number of aromatic nitrogens is 2. The molecule has 1 heterocycles. The number of carbonyl (C=O) groups excluding carboxylic acids is 1. The molecule has 8 atom stereocenters. The van der Waals surface area contributed by atoms with Gasteiger partial charge in [0.1, 0.15) is 17.9 Å². The highest BCUT2D eigenvalue weighted by Crippen LogP contribution is 2.68. The lowest BCUT2D eigenvalue weighted by Gasteiger charge is -2.61. The van der Waals surface area contributed by atoms with Crippen molar-refractivity contribution >= 4 is 16.7 Å². The Morgan fingerprint density at radius 1 is 1.03 bits per heavy atom. The number of nitrogens with zero attached hydrogens (tertiary/aromatic N) is 2. The molecule has 1 aromatic carbocycles. The molecule has 6 rings (SSSR count). The zero-order chi connectivity index (χ0) is 24.8. The number of hydrogen-bond acceptors (Lipinski definition) is 3. The van der Waals surface area contributed by atoms with Gasteiger partial charge in [0.2, 0.25) is 0 Å². The SMILES string of the molecule is C[C@@]1(O)CC[C@@]2(C)[C@H](CC[C@@H]3[C@@H]2CC[C@]2(C)[C@@H](C(=O)Cn4ncc5cc(F)cc(F)c54)CC[C@@H]32)C1. The molecule has 4 fully saturated rings. The number of rotatable bonds is 3. The van der Waals surface area contributed by atoms with Crippen LogP contribution in [0.25, 0.3) is 10.9 Å². The zero-order valence-electron chi connectivity index (χ0n) is 21.2. The van der Waals surface area contributed by atoms with Crippen molar-refractivity contribution in [2.24, 2.45) is 40.4 Å². The largest absolute Gasteiger partial charge is 0.390 e. The van der Waals surface area contributed by atoms with E-state index in [1.54, 1.807) is 0 Å². The Morgan fingerprint density at radius 3 is 2.60 bits per heavy atom. The highest BCUT2D eigenvalue weighted by atomic mass is 19.1. The Bertz CT molecular complexity index is 1170. The molecule has 35 heavy (non-hydrogen) atoms. The van der Waals surface area contributed by atoms with E-state index in [9.17, 15) is 18.7 Å². The van der Waals surface area contributed by atoms with Crippen molar-refractivity contribution in [2.75, 3.05) is 0 Å². The molecule has 0 bridgehead atoms. The smallest absolute Gasteiger partial charge is 0.157 e. The lowest BCUT2D eigenvalue weighted by molar-refractivity contribution is -0.151. The average Bonchev–Trinajstić information content (AvgIpc) is 3.34. The number of carbonyl (C=O) groups is 1. The minimum absolute atomic E-state index is 0.0186. The minimum atomic E-state index is -0.669. The number of aliphatic hydroxyl groups is 1. The molecule has 0 amide bonds. The van der Waals surface area contributed by atoms with Gasteiger partial charge in [0.25, 0.3) is 0 Å². The van der Waals surface area contributed by atoms with Crippen LogP contribution < -0.4 is 0 Å². The van der Waals surface area contributed by atoms with E-state index in [0.717, 1.165) is 51.0 Å². The first kappa shape index (κ1) is 23.6. The topological polar surface area (TPSA) is 55.1 Å². The molecule has 190 valence electrons. The second-order valence-corrected chi connectivity index (χ2v) is 13.1. The van der Waals surface area contributed by atoms with Crippen LogP contribution in [0.2, 0.25) is 0 Å². The maximum Gasteiger partial charge on any atom is 0.157 e. The van der Waals surface area contributed by atoms with Crippen LogP contribution in [0.4, 0.5) is 8.78 Å². The number of hydrogen-bond donors (Lipinski definition) is 1. The van der Waals surface area contributed by atoms with E-state index < -0.39 is 17.2 Å². The van der Waals surface area contributed by atoms with Crippen LogP contribution in [-0.4, -0.2) is 26.3 Å². The van der Waals surface area contributed by atoms with Crippen LogP contribution >= 0.6 is 0 Å². The highest BCUT2D eigenvalue weighted by molar-refractivity contribution is 5.85. The van der Waals surface area contributed by atoms with Gasteiger partial charge in [0.05, 0.1) is 11.8 Å². The first-order valence-electron chi connectivity index (χ1n) is 13.6. The Hall–Kier alpha value is -1.82. The number of Topliss-reactive ketones (excluding diaryl/α,β-unsaturated/α-hetero) is 1. The normalized spacial score (nSPS) is 43.0. The summed E-state index contributed by atoms with van der Waals surface area (Å²) < 4.78 is 29.5. The van der Waals surface area contributed by atoms with Gasteiger partial charge in [-0.15, -0.1) is 0 Å². The summed E-state index contributed by atoms with van der Waals surface area (Å²) in [6.45, 7) is 6.88. The first-order valence-corrected chi connectivity index (χ1v) is 13.6. The van der Waals surface area contributed by atoms with Gasteiger partial charge >= 0.3 is 0 Å². The monoisotopic (exact) mass is 484 g/mol. The number of halogens is 2. The summed E-state index contributed by atoms with van der Waals surface area (Å²) in [4.78, 5) is 13.6. The predicted octanol–water partition coefficient (Wildman–Crippen LogP) is 6.29. The van der Waals surface area contributed by atoms with Gasteiger partial charge in [-0.1, -0.05) is 13.8 Å². The third-order valence-corrected chi connectivity index (χ3v) is 11.3. The number of fused-ring (bicyclic) bond motifs is 6. The molecule has 6 heteroatoms. The minimum Gasteiger partial charge on any atom is -0.390 e. The van der Waals surface area contributed by atoms with Gasteiger partial charge in [-0.25, -0.2) is 8.78 Å². The molecule has 0 spiro atoms. The fraction of sp³-hybridized carbons (Fsp3) is 0.724. The maximum absolute atomic E-state index is 14.5. The molecule has 4 saturated carbocycles. The quantitative estimate of drug-likeness (QED) is 0.557. The third kappa shape index (κ3) is 3.53. The Labute approximate surface area is 206 Å². The van der Waals surface area contributed by atoms with E-state index in [-0.39, 0.29) is 29.2 Å². The zero-order valence-corrected chi connectivity index (χ0v) is 21.2. The van der Waals surface area contributed by atoms with Crippen molar-refractivity contribution in [3.63, 3.8) is 0 Å². The summed E-state index contributed by atoms with van der Waals surface area (Å²) in [7, 11) is 0. The van der Waals surface area contributed by atoms with Gasteiger partial charge in [0.15, 0.2) is 11.6 Å². The first-order chi connectivity index (χ1) is 16.5.